The Morgan fingerprint density at radius 1 is 0.951 bits per heavy atom. The molecule has 1 aromatic carbocycles. The minimum atomic E-state index is -1.81. The number of halogens is 4. The first kappa shape index (κ1) is 32.1. The van der Waals surface area contributed by atoms with Gasteiger partial charge in [0.2, 0.25) is 17.5 Å². The molecule has 1 unspecified atom stereocenters. The van der Waals surface area contributed by atoms with Crippen molar-refractivity contribution in [3.05, 3.63) is 29.3 Å². The Kier molecular flexibility index (Phi) is 10.6. The molecule has 2 atom stereocenters. The number of carbonyl (C=O) groups excluding carboxylic acids is 4. The molecule has 0 aliphatic carbocycles. The molecule has 10 nitrogen and oxygen atoms in total. The number of rotatable bonds is 8. The van der Waals surface area contributed by atoms with E-state index in [4.69, 9.17) is 9.47 Å². The van der Waals surface area contributed by atoms with Crippen LogP contribution in [0.15, 0.2) is 6.07 Å². The monoisotopic (exact) mass is 589 g/mol. The van der Waals surface area contributed by atoms with Crippen LogP contribution in [0.4, 0.5) is 17.6 Å². The van der Waals surface area contributed by atoms with Crippen LogP contribution in [0.5, 0.6) is 5.75 Å². The van der Waals surface area contributed by atoms with Crippen LogP contribution in [0.1, 0.15) is 52.9 Å². The predicted molar refractivity (Wildman–Crippen MR) is 135 cm³/mol. The lowest BCUT2D eigenvalue weighted by molar-refractivity contribution is -0.156. The molecule has 2 aliphatic heterocycles. The summed E-state index contributed by atoms with van der Waals surface area (Å²) in [4.78, 5) is 53.4. The van der Waals surface area contributed by atoms with E-state index in [2.05, 4.69) is 5.32 Å². The topological polar surface area (TPSA) is 125 Å². The van der Waals surface area contributed by atoms with Crippen LogP contribution < -0.4 is 10.1 Å². The number of ether oxygens (including phenoxy) is 2. The molecule has 228 valence electrons. The van der Waals surface area contributed by atoms with E-state index in [0.717, 1.165) is 12.8 Å². The molecule has 2 N–H and O–H groups in total. The van der Waals surface area contributed by atoms with Crippen LogP contribution >= 0.6 is 0 Å². The number of amides is 3. The number of aliphatic hydroxyl groups excluding tert-OH is 1. The number of piperidine rings is 1. The van der Waals surface area contributed by atoms with Gasteiger partial charge in [-0.1, -0.05) is 0 Å². The van der Waals surface area contributed by atoms with E-state index in [9.17, 15) is 41.8 Å². The summed E-state index contributed by atoms with van der Waals surface area (Å²) < 4.78 is 65.1. The Morgan fingerprint density at radius 2 is 1.46 bits per heavy atom. The second kappa shape index (κ2) is 13.5. The highest BCUT2D eigenvalue weighted by atomic mass is 19.2. The summed E-state index contributed by atoms with van der Waals surface area (Å²) in [7, 11) is 0. The van der Waals surface area contributed by atoms with Gasteiger partial charge in [0.1, 0.15) is 18.3 Å². The molecule has 2 fully saturated rings. The molecule has 41 heavy (non-hydrogen) atoms. The Balaban J connectivity index is 1.64. The van der Waals surface area contributed by atoms with Crippen LogP contribution in [0.3, 0.4) is 0 Å². The van der Waals surface area contributed by atoms with Gasteiger partial charge in [-0.2, -0.15) is 8.78 Å². The van der Waals surface area contributed by atoms with E-state index in [-0.39, 0.29) is 32.0 Å². The minimum absolute atomic E-state index is 0.000664. The fraction of sp³-hybridized carbons (Fsp3) is 0.630. The molecule has 0 saturated carbocycles. The van der Waals surface area contributed by atoms with E-state index in [1.54, 1.807) is 20.8 Å². The Morgan fingerprint density at radius 3 is 1.98 bits per heavy atom. The number of hydrogen-bond acceptors (Lipinski definition) is 7. The number of aliphatic hydroxyl groups is 1. The quantitative estimate of drug-likeness (QED) is 0.206. The van der Waals surface area contributed by atoms with Crippen LogP contribution in [-0.2, 0) is 23.9 Å². The number of carbonyl (C=O) groups is 4. The fourth-order valence-corrected chi connectivity index (χ4v) is 4.64. The molecule has 1 aromatic rings. The maximum absolute atomic E-state index is 14.0. The lowest BCUT2D eigenvalue weighted by atomic mass is 9.94. The van der Waals surface area contributed by atoms with Crippen molar-refractivity contribution >= 4 is 23.7 Å². The first-order valence-electron chi connectivity index (χ1n) is 13.4. The van der Waals surface area contributed by atoms with Gasteiger partial charge in [0.15, 0.2) is 17.4 Å². The third-order valence-electron chi connectivity index (χ3n) is 6.80. The lowest BCUT2D eigenvalue weighted by Crippen LogP contribution is -2.52. The van der Waals surface area contributed by atoms with Crippen molar-refractivity contribution in [3.63, 3.8) is 0 Å². The predicted octanol–water partition coefficient (Wildman–Crippen LogP) is 2.06. The molecule has 0 spiro atoms. The Labute approximate surface area is 234 Å². The molecule has 0 aromatic heterocycles. The summed E-state index contributed by atoms with van der Waals surface area (Å²) in [6.07, 6.45) is -0.225. The van der Waals surface area contributed by atoms with Crippen molar-refractivity contribution in [2.45, 2.75) is 70.6 Å². The van der Waals surface area contributed by atoms with Crippen molar-refractivity contribution in [2.24, 2.45) is 5.92 Å². The Hall–Kier alpha value is -3.42. The van der Waals surface area contributed by atoms with Gasteiger partial charge in [0.25, 0.3) is 0 Å². The summed E-state index contributed by atoms with van der Waals surface area (Å²) in [5.41, 5.74) is -0.898. The average Bonchev–Trinajstić information content (AvgIpc) is 3.45. The highest BCUT2D eigenvalue weighted by molar-refractivity contribution is 6.35. The van der Waals surface area contributed by atoms with Crippen molar-refractivity contribution in [1.29, 1.82) is 0 Å². The van der Waals surface area contributed by atoms with Gasteiger partial charge in [-0.15, -0.1) is 0 Å². The van der Waals surface area contributed by atoms with Gasteiger partial charge in [-0.25, -0.2) is 8.78 Å². The third kappa shape index (κ3) is 8.54. The first-order chi connectivity index (χ1) is 19.2. The molecule has 14 heteroatoms. The summed E-state index contributed by atoms with van der Waals surface area (Å²) in [5.74, 6) is -11.7. The summed E-state index contributed by atoms with van der Waals surface area (Å²) >= 11 is 0. The van der Waals surface area contributed by atoms with Crippen LogP contribution in [0.25, 0.3) is 0 Å². The lowest BCUT2D eigenvalue weighted by Gasteiger charge is -2.33. The summed E-state index contributed by atoms with van der Waals surface area (Å²) in [5, 5.41) is 13.2. The van der Waals surface area contributed by atoms with E-state index < -0.39 is 89.4 Å². The molecular weight excluding hydrogens is 554 g/mol. The average molecular weight is 590 g/mol. The van der Waals surface area contributed by atoms with Crippen LogP contribution in [0.2, 0.25) is 0 Å². The zero-order valence-electron chi connectivity index (χ0n) is 23.2. The largest absolute Gasteiger partial charge is 0.485 e. The molecule has 0 bridgehead atoms. The second-order valence-electron chi connectivity index (χ2n) is 11.1. The first-order valence-corrected chi connectivity index (χ1v) is 13.4. The van der Waals surface area contributed by atoms with Gasteiger partial charge >= 0.3 is 17.8 Å². The standard InChI is InChI=1S/C27H35F4N3O7/c1-27(2,3)41-20(36)13-18(19(35)14-40-23-21(30)16(28)12-17(29)22(23)31)32-24(37)15-6-10-34(11-7-15)26(39)25(38)33-8-4-5-9-33/h12,15,18-19,35H,4-11,13-14H2,1-3H3,(H,32,37)/t18-,19?/m0/s1. The van der Waals surface area contributed by atoms with Crippen molar-refractivity contribution in [2.75, 3.05) is 32.8 Å². The summed E-state index contributed by atoms with van der Waals surface area (Å²) in [6.45, 7) is 5.22. The number of hydrogen-bond donors (Lipinski definition) is 2. The summed E-state index contributed by atoms with van der Waals surface area (Å²) in [6, 6.07) is -1.36. The highest BCUT2D eigenvalue weighted by Crippen LogP contribution is 2.27. The molecular formula is C27H35F4N3O7. The van der Waals surface area contributed by atoms with Gasteiger partial charge in [-0.3, -0.25) is 19.2 Å². The van der Waals surface area contributed by atoms with Crippen molar-refractivity contribution < 1.29 is 51.3 Å². The number of nitrogens with zero attached hydrogens (tertiary/aromatic N) is 2. The number of benzene rings is 1. The smallest absolute Gasteiger partial charge is 0.312 e. The number of likely N-dealkylation sites (tertiary alicyclic amines) is 2. The molecule has 3 rings (SSSR count). The second-order valence-corrected chi connectivity index (χ2v) is 11.1. The molecule has 2 heterocycles. The van der Waals surface area contributed by atoms with Crippen LogP contribution in [0, 0.1) is 29.2 Å². The maximum Gasteiger partial charge on any atom is 0.312 e. The molecule has 0 radical (unpaired) electrons. The molecule has 2 aliphatic rings. The normalized spacial score (nSPS) is 17.7. The molecule has 2 saturated heterocycles. The SMILES string of the molecule is CC(C)(C)OC(=O)C[C@H](NC(=O)C1CCN(C(=O)C(=O)N2CCCC2)CC1)C(O)COc1c(F)c(F)cc(F)c1F. The molecule has 3 amide bonds. The number of esters is 1. The number of nitrogens with one attached hydrogen (secondary N) is 1. The van der Waals surface area contributed by atoms with Crippen molar-refractivity contribution in [1.82, 2.24) is 15.1 Å². The Bertz CT molecular complexity index is 1120. The van der Waals surface area contributed by atoms with Crippen LogP contribution in [-0.4, -0.2) is 89.1 Å². The minimum Gasteiger partial charge on any atom is -0.485 e. The third-order valence-corrected chi connectivity index (χ3v) is 6.80. The highest BCUT2D eigenvalue weighted by Gasteiger charge is 2.35. The zero-order chi connectivity index (χ0) is 30.5. The van der Waals surface area contributed by atoms with Crippen molar-refractivity contribution in [3.8, 4) is 5.75 Å². The van der Waals surface area contributed by atoms with Gasteiger partial charge in [0, 0.05) is 38.2 Å². The van der Waals surface area contributed by atoms with Gasteiger partial charge in [-0.05, 0) is 46.5 Å². The van der Waals surface area contributed by atoms with E-state index in [1.807, 2.05) is 0 Å². The maximum atomic E-state index is 14.0. The van der Waals surface area contributed by atoms with E-state index >= 15 is 0 Å². The van der Waals surface area contributed by atoms with Gasteiger partial charge < -0.3 is 29.7 Å². The van der Waals surface area contributed by atoms with E-state index in [0.29, 0.717) is 13.1 Å². The zero-order valence-corrected chi connectivity index (χ0v) is 23.2. The van der Waals surface area contributed by atoms with Gasteiger partial charge in [0.05, 0.1) is 12.5 Å². The fourth-order valence-electron chi connectivity index (χ4n) is 4.64. The van der Waals surface area contributed by atoms with E-state index in [1.165, 1.54) is 9.80 Å².